The van der Waals surface area contributed by atoms with Gasteiger partial charge in [0, 0.05) is 24.2 Å². The molecule has 8 nitrogen and oxygen atoms in total. The van der Waals surface area contributed by atoms with Crippen molar-refractivity contribution < 1.29 is 18.8 Å². The van der Waals surface area contributed by atoms with Crippen LogP contribution in [0, 0.1) is 5.82 Å². The summed E-state index contributed by atoms with van der Waals surface area (Å²) in [4.78, 5) is 47.0. The van der Waals surface area contributed by atoms with Gasteiger partial charge in [0.05, 0.1) is 6.33 Å². The van der Waals surface area contributed by atoms with E-state index in [1.807, 2.05) is 0 Å². The number of carbonyl (C=O) groups is 3. The maximum atomic E-state index is 13.1. The Labute approximate surface area is 215 Å². The highest BCUT2D eigenvalue weighted by Gasteiger charge is 2.20. The Morgan fingerprint density at radius 2 is 1.65 bits per heavy atom. The zero-order valence-corrected chi connectivity index (χ0v) is 20.8. The molecule has 1 aliphatic heterocycles. The van der Waals surface area contributed by atoms with Crippen molar-refractivity contribution in [3.8, 4) is 0 Å². The minimum Gasteiger partial charge on any atom is -0.351 e. The van der Waals surface area contributed by atoms with Crippen molar-refractivity contribution in [2.24, 2.45) is 0 Å². The van der Waals surface area contributed by atoms with Gasteiger partial charge >= 0.3 is 0 Å². The minimum atomic E-state index is -0.508. The number of nitrogens with one attached hydrogen (secondary N) is 3. The molecule has 1 saturated heterocycles. The van der Waals surface area contributed by atoms with Crippen LogP contribution in [-0.4, -0.2) is 58.6 Å². The molecule has 0 saturated carbocycles. The summed E-state index contributed by atoms with van der Waals surface area (Å²) < 4.78 is 13.1. The lowest BCUT2D eigenvalue weighted by Gasteiger charge is -2.26. The van der Waals surface area contributed by atoms with Crippen LogP contribution in [0.3, 0.4) is 0 Å². The van der Waals surface area contributed by atoms with E-state index in [9.17, 15) is 18.8 Å². The van der Waals surface area contributed by atoms with Gasteiger partial charge in [0.25, 0.3) is 11.8 Å². The van der Waals surface area contributed by atoms with Gasteiger partial charge in [-0.3, -0.25) is 14.4 Å². The maximum absolute atomic E-state index is 13.1. The van der Waals surface area contributed by atoms with Crippen LogP contribution in [0.15, 0.2) is 54.9 Å². The number of rotatable bonds is 11. The minimum absolute atomic E-state index is 0.0152. The number of unbranched alkanes of at least 4 members (excludes halogenated alkanes) is 1. The molecule has 0 bridgehead atoms. The fraction of sp³-hybridized carbons (Fsp3) is 0.357. The summed E-state index contributed by atoms with van der Waals surface area (Å²) in [6, 6.07) is 12.3. The van der Waals surface area contributed by atoms with Crippen LogP contribution in [0.4, 0.5) is 10.1 Å². The van der Waals surface area contributed by atoms with E-state index in [1.165, 1.54) is 49.9 Å². The van der Waals surface area contributed by atoms with E-state index >= 15 is 0 Å². The van der Waals surface area contributed by atoms with Crippen LogP contribution < -0.4 is 10.6 Å². The van der Waals surface area contributed by atoms with E-state index in [-0.39, 0.29) is 29.5 Å². The Balaban J connectivity index is 1.24. The number of piperidine rings is 1. The molecule has 3 N–H and O–H groups in total. The molecule has 0 atom stereocenters. The number of hydrogen-bond acceptors (Lipinski definition) is 5. The smallest absolute Gasteiger partial charge is 0.276 e. The van der Waals surface area contributed by atoms with Crippen LogP contribution >= 0.6 is 0 Å². The van der Waals surface area contributed by atoms with E-state index in [2.05, 4.69) is 25.5 Å². The molecular formula is C28H32FN5O3. The summed E-state index contributed by atoms with van der Waals surface area (Å²) in [7, 11) is 0. The third-order valence-corrected chi connectivity index (χ3v) is 6.46. The molecule has 37 heavy (non-hydrogen) atoms. The quantitative estimate of drug-likeness (QED) is 0.267. The van der Waals surface area contributed by atoms with E-state index < -0.39 is 11.7 Å². The van der Waals surface area contributed by atoms with Gasteiger partial charge in [0.15, 0.2) is 11.5 Å². The normalized spacial score (nSPS) is 13.8. The molecule has 0 spiro atoms. The molecule has 2 heterocycles. The van der Waals surface area contributed by atoms with Crippen LogP contribution in [0.2, 0.25) is 0 Å². The number of carbonyl (C=O) groups excluding carboxylic acids is 3. The van der Waals surface area contributed by atoms with Crippen LogP contribution in [0.1, 0.15) is 69.0 Å². The van der Waals surface area contributed by atoms with Crippen molar-refractivity contribution in [1.82, 2.24) is 20.2 Å². The first-order valence-electron chi connectivity index (χ1n) is 12.7. The zero-order chi connectivity index (χ0) is 26.0. The number of ketones is 1. The Morgan fingerprint density at radius 3 is 2.38 bits per heavy atom. The summed E-state index contributed by atoms with van der Waals surface area (Å²) in [5.74, 6) is -1.39. The number of aromatic nitrogens is 2. The summed E-state index contributed by atoms with van der Waals surface area (Å²) in [6.07, 6.45) is 7.21. The number of halogens is 1. The summed E-state index contributed by atoms with van der Waals surface area (Å²) in [5, 5.41) is 5.60. The van der Waals surface area contributed by atoms with Gasteiger partial charge in [-0.05, 0) is 87.3 Å². The molecule has 0 radical (unpaired) electrons. The lowest BCUT2D eigenvalue weighted by molar-refractivity contribution is 0.0934. The van der Waals surface area contributed by atoms with Crippen molar-refractivity contribution in [2.45, 2.75) is 38.5 Å². The largest absolute Gasteiger partial charge is 0.351 e. The zero-order valence-electron chi connectivity index (χ0n) is 20.8. The van der Waals surface area contributed by atoms with Crippen molar-refractivity contribution in [3.63, 3.8) is 0 Å². The first kappa shape index (κ1) is 26.2. The molecule has 2 aromatic carbocycles. The number of imidazole rings is 1. The summed E-state index contributed by atoms with van der Waals surface area (Å²) >= 11 is 0. The number of benzene rings is 2. The Morgan fingerprint density at radius 1 is 0.919 bits per heavy atom. The van der Waals surface area contributed by atoms with Crippen molar-refractivity contribution in [2.75, 3.05) is 31.5 Å². The maximum Gasteiger partial charge on any atom is 0.276 e. The van der Waals surface area contributed by atoms with Crippen molar-refractivity contribution >= 4 is 23.3 Å². The predicted molar refractivity (Wildman–Crippen MR) is 139 cm³/mol. The topological polar surface area (TPSA) is 107 Å². The Hall–Kier alpha value is -3.85. The highest BCUT2D eigenvalue weighted by molar-refractivity contribution is 6.10. The molecule has 3 aromatic rings. The number of anilines is 1. The number of aromatic amines is 1. The van der Waals surface area contributed by atoms with E-state index in [0.29, 0.717) is 17.8 Å². The summed E-state index contributed by atoms with van der Waals surface area (Å²) in [6.45, 7) is 3.91. The molecule has 1 fully saturated rings. The summed E-state index contributed by atoms with van der Waals surface area (Å²) in [5.41, 5.74) is 1.84. The second kappa shape index (κ2) is 12.9. The molecule has 1 aromatic heterocycles. The third-order valence-electron chi connectivity index (χ3n) is 6.46. The molecule has 1 aliphatic rings. The highest BCUT2D eigenvalue weighted by atomic mass is 19.1. The number of nitrogens with zero attached hydrogens (tertiary/aromatic N) is 2. The average molecular weight is 506 g/mol. The number of Topliss-reactive ketones (excluding diaryl/α,β-unsaturated/α-hetero) is 1. The lowest BCUT2D eigenvalue weighted by atomic mass is 10.0. The van der Waals surface area contributed by atoms with Gasteiger partial charge in [-0.15, -0.1) is 0 Å². The number of hydrogen-bond donors (Lipinski definition) is 3. The second-order valence-electron chi connectivity index (χ2n) is 9.25. The monoisotopic (exact) mass is 505 g/mol. The number of amides is 2. The van der Waals surface area contributed by atoms with Gasteiger partial charge in [-0.25, -0.2) is 9.37 Å². The van der Waals surface area contributed by atoms with Crippen LogP contribution in [0.25, 0.3) is 0 Å². The van der Waals surface area contributed by atoms with E-state index in [1.54, 1.807) is 24.3 Å². The predicted octanol–water partition coefficient (Wildman–Crippen LogP) is 4.22. The molecule has 0 unspecified atom stereocenters. The fourth-order valence-corrected chi connectivity index (χ4v) is 4.39. The standard InChI is InChI=1S/C28H32FN5O3/c29-22-10-8-21(9-11-22)24(35)18-20-6-12-23(13-7-20)33-28(37)26-25(31-19-32-26)27(36)30-14-2-5-17-34-15-3-1-4-16-34/h6-13,19H,1-5,14-18H2,(H,30,36)(H,31,32)(H,33,37). The van der Waals surface area contributed by atoms with Crippen LogP contribution in [0.5, 0.6) is 0 Å². The Kier molecular flexibility index (Phi) is 9.15. The van der Waals surface area contributed by atoms with Gasteiger partial charge < -0.3 is 20.5 Å². The van der Waals surface area contributed by atoms with Crippen molar-refractivity contribution in [1.29, 1.82) is 0 Å². The van der Waals surface area contributed by atoms with Gasteiger partial charge in [-0.2, -0.15) is 0 Å². The first-order valence-corrected chi connectivity index (χ1v) is 12.7. The van der Waals surface area contributed by atoms with Crippen molar-refractivity contribution in [3.05, 3.63) is 83.2 Å². The molecule has 194 valence electrons. The van der Waals surface area contributed by atoms with Gasteiger partial charge in [0.2, 0.25) is 0 Å². The molecule has 4 rings (SSSR count). The Bertz CT molecular complexity index is 1200. The molecule has 0 aliphatic carbocycles. The lowest BCUT2D eigenvalue weighted by Crippen LogP contribution is -2.31. The molecular weight excluding hydrogens is 473 g/mol. The number of H-pyrrole nitrogens is 1. The van der Waals surface area contributed by atoms with E-state index in [0.717, 1.165) is 38.0 Å². The first-order chi connectivity index (χ1) is 18.0. The fourth-order valence-electron chi connectivity index (χ4n) is 4.39. The van der Waals surface area contributed by atoms with Crippen LogP contribution in [-0.2, 0) is 6.42 Å². The highest BCUT2D eigenvalue weighted by Crippen LogP contribution is 2.15. The van der Waals surface area contributed by atoms with Gasteiger partial charge in [0.1, 0.15) is 11.5 Å². The average Bonchev–Trinajstić information content (AvgIpc) is 3.41. The third kappa shape index (κ3) is 7.57. The SMILES string of the molecule is O=C(Cc1ccc(NC(=O)c2nc[nH]c2C(=O)NCCCCN2CCCCC2)cc1)c1ccc(F)cc1. The molecule has 9 heteroatoms. The number of likely N-dealkylation sites (tertiary alicyclic amines) is 1. The molecule has 2 amide bonds. The van der Waals surface area contributed by atoms with Gasteiger partial charge in [-0.1, -0.05) is 18.6 Å². The van der Waals surface area contributed by atoms with E-state index in [4.69, 9.17) is 0 Å². The second-order valence-corrected chi connectivity index (χ2v) is 9.25.